The Kier molecular flexibility index (Phi) is 2.64. The van der Waals surface area contributed by atoms with Gasteiger partial charge < -0.3 is 10.2 Å². The predicted molar refractivity (Wildman–Crippen MR) is 71.6 cm³/mol. The third kappa shape index (κ3) is 1.90. The lowest BCUT2D eigenvalue weighted by Gasteiger charge is -2.36. The highest BCUT2D eigenvalue weighted by molar-refractivity contribution is 6.05. The Labute approximate surface area is 103 Å². The van der Waals surface area contributed by atoms with E-state index in [4.69, 9.17) is 0 Å². The fourth-order valence-electron chi connectivity index (χ4n) is 2.32. The predicted octanol–water partition coefficient (Wildman–Crippen LogP) is 2.76. The van der Waals surface area contributed by atoms with Crippen LogP contribution in [-0.4, -0.2) is 19.0 Å². The number of fused-ring (bicyclic) bond motifs is 1. The van der Waals surface area contributed by atoms with Crippen LogP contribution >= 0.6 is 0 Å². The van der Waals surface area contributed by atoms with Gasteiger partial charge in [0.2, 0.25) is 5.91 Å². The minimum Gasteiger partial charge on any atom is -0.372 e. The van der Waals surface area contributed by atoms with Crippen LogP contribution in [0.4, 0.5) is 11.4 Å². The molecule has 0 aromatic heterocycles. The summed E-state index contributed by atoms with van der Waals surface area (Å²) in [5, 5.41) is 3.26. The minimum absolute atomic E-state index is 0.0299. The average Bonchev–Trinajstić information content (AvgIpc) is 2.24. The lowest BCUT2D eigenvalue weighted by Crippen LogP contribution is -2.44. The molecule has 3 heteroatoms. The molecule has 3 nitrogen and oxygen atoms in total. The van der Waals surface area contributed by atoms with Crippen LogP contribution in [0.1, 0.15) is 33.3 Å². The number of amides is 1. The summed E-state index contributed by atoms with van der Waals surface area (Å²) in [5.41, 5.74) is 3.29. The second-order valence-corrected chi connectivity index (χ2v) is 5.72. The summed E-state index contributed by atoms with van der Waals surface area (Å²) >= 11 is 0. The van der Waals surface area contributed by atoms with Gasteiger partial charge in [-0.25, -0.2) is 0 Å². The maximum Gasteiger partial charge on any atom is 0.248 e. The molecule has 0 fully saturated rings. The zero-order chi connectivity index (χ0) is 12.8. The van der Waals surface area contributed by atoms with Gasteiger partial charge in [-0.15, -0.1) is 0 Å². The van der Waals surface area contributed by atoms with E-state index in [1.165, 1.54) is 5.56 Å². The number of nitrogens with zero attached hydrogens (tertiary/aromatic N) is 1. The number of hydrogen-bond donors (Lipinski definition) is 1. The van der Waals surface area contributed by atoms with Crippen LogP contribution in [0.5, 0.6) is 0 Å². The van der Waals surface area contributed by atoms with Crippen molar-refractivity contribution in [1.82, 2.24) is 0 Å². The number of carbonyl (C=O) groups is 1. The van der Waals surface area contributed by atoms with E-state index in [0.29, 0.717) is 0 Å². The van der Waals surface area contributed by atoms with Crippen LogP contribution in [-0.2, 0) is 10.2 Å². The molecule has 1 heterocycles. The van der Waals surface area contributed by atoms with Crippen molar-refractivity contribution in [3.05, 3.63) is 23.8 Å². The van der Waals surface area contributed by atoms with Crippen LogP contribution in [0.25, 0.3) is 0 Å². The minimum atomic E-state index is -0.150. The molecule has 0 saturated carbocycles. The molecular weight excluding hydrogens is 212 g/mol. The van der Waals surface area contributed by atoms with Gasteiger partial charge in [0, 0.05) is 7.05 Å². The number of hydrogen-bond acceptors (Lipinski definition) is 2. The van der Waals surface area contributed by atoms with E-state index < -0.39 is 0 Å². The quantitative estimate of drug-likeness (QED) is 0.746. The molecule has 2 rings (SSSR count). The summed E-state index contributed by atoms with van der Waals surface area (Å²) in [7, 11) is 1.85. The highest BCUT2D eigenvalue weighted by Crippen LogP contribution is 2.39. The van der Waals surface area contributed by atoms with Gasteiger partial charge in [0.1, 0.15) is 6.04 Å². The van der Waals surface area contributed by atoms with E-state index in [-0.39, 0.29) is 17.4 Å². The third-order valence-corrected chi connectivity index (χ3v) is 3.25. The molecule has 0 bridgehead atoms. The molecule has 1 amide bonds. The van der Waals surface area contributed by atoms with Gasteiger partial charge >= 0.3 is 0 Å². The molecule has 1 atom stereocenters. The average molecular weight is 232 g/mol. The summed E-state index contributed by atoms with van der Waals surface area (Å²) in [5.74, 6) is 0.120. The smallest absolute Gasteiger partial charge is 0.248 e. The van der Waals surface area contributed by atoms with E-state index in [2.05, 4.69) is 32.2 Å². The van der Waals surface area contributed by atoms with Gasteiger partial charge in [-0.2, -0.15) is 0 Å². The number of carbonyl (C=O) groups excluding carboxylic acids is 1. The molecular formula is C14H20N2O. The maximum absolute atomic E-state index is 12.0. The molecule has 17 heavy (non-hydrogen) atoms. The molecule has 1 aromatic carbocycles. The molecule has 0 saturated heterocycles. The van der Waals surface area contributed by atoms with Crippen molar-refractivity contribution < 1.29 is 4.79 Å². The third-order valence-electron chi connectivity index (χ3n) is 3.25. The van der Waals surface area contributed by atoms with E-state index in [9.17, 15) is 4.79 Å². The highest BCUT2D eigenvalue weighted by atomic mass is 16.2. The van der Waals surface area contributed by atoms with Crippen molar-refractivity contribution in [2.75, 3.05) is 17.3 Å². The van der Waals surface area contributed by atoms with E-state index in [1.807, 2.05) is 26.1 Å². The lowest BCUT2D eigenvalue weighted by atomic mass is 9.84. The molecule has 1 aliphatic heterocycles. The second kappa shape index (κ2) is 3.76. The first-order valence-corrected chi connectivity index (χ1v) is 6.00. The Balaban J connectivity index is 2.62. The van der Waals surface area contributed by atoms with Crippen molar-refractivity contribution in [2.45, 2.75) is 39.2 Å². The lowest BCUT2D eigenvalue weighted by molar-refractivity contribution is -0.118. The molecule has 0 aliphatic carbocycles. The Morgan fingerprint density at radius 2 is 1.94 bits per heavy atom. The number of likely N-dealkylation sites (N-methyl/N-ethyl adjacent to an activating group) is 1. The fourth-order valence-corrected chi connectivity index (χ4v) is 2.32. The van der Waals surface area contributed by atoms with Crippen LogP contribution in [0.3, 0.4) is 0 Å². The van der Waals surface area contributed by atoms with Gasteiger partial charge in [0.15, 0.2) is 0 Å². The first kappa shape index (κ1) is 12.0. The van der Waals surface area contributed by atoms with Gasteiger partial charge in [-0.05, 0) is 24.0 Å². The van der Waals surface area contributed by atoms with Gasteiger partial charge in [0.05, 0.1) is 11.4 Å². The summed E-state index contributed by atoms with van der Waals surface area (Å²) in [6.45, 7) is 8.39. The summed E-state index contributed by atoms with van der Waals surface area (Å²) in [4.78, 5) is 13.8. The maximum atomic E-state index is 12.0. The van der Waals surface area contributed by atoms with Crippen LogP contribution < -0.4 is 10.2 Å². The van der Waals surface area contributed by atoms with Gasteiger partial charge in [-0.3, -0.25) is 4.79 Å². The first-order chi connectivity index (χ1) is 7.82. The summed E-state index contributed by atoms with van der Waals surface area (Å²) < 4.78 is 0. The van der Waals surface area contributed by atoms with Gasteiger partial charge in [-0.1, -0.05) is 32.9 Å². The topological polar surface area (TPSA) is 32.3 Å². The van der Waals surface area contributed by atoms with Crippen molar-refractivity contribution in [1.29, 1.82) is 0 Å². The standard InChI is InChI=1S/C14H20N2O/c1-9-13(17)16(5)12-10(14(2,3)4)7-6-8-11(12)15-9/h6-9,15H,1-5H3. The number of rotatable bonds is 0. The van der Waals surface area contributed by atoms with Crippen LogP contribution in [0.15, 0.2) is 18.2 Å². The summed E-state index contributed by atoms with van der Waals surface area (Å²) in [6.07, 6.45) is 0. The second-order valence-electron chi connectivity index (χ2n) is 5.72. The summed E-state index contributed by atoms with van der Waals surface area (Å²) in [6, 6.07) is 6.02. The Morgan fingerprint density at radius 3 is 2.53 bits per heavy atom. The van der Waals surface area contributed by atoms with Crippen LogP contribution in [0.2, 0.25) is 0 Å². The monoisotopic (exact) mass is 232 g/mol. The molecule has 0 spiro atoms. The van der Waals surface area contributed by atoms with E-state index >= 15 is 0 Å². The molecule has 0 radical (unpaired) electrons. The number of para-hydroxylation sites is 1. The zero-order valence-corrected chi connectivity index (χ0v) is 11.2. The van der Waals surface area contributed by atoms with Crippen molar-refractivity contribution >= 4 is 17.3 Å². The largest absolute Gasteiger partial charge is 0.372 e. The zero-order valence-electron chi connectivity index (χ0n) is 11.2. The van der Waals surface area contributed by atoms with Gasteiger partial charge in [0.25, 0.3) is 0 Å². The highest BCUT2D eigenvalue weighted by Gasteiger charge is 2.31. The van der Waals surface area contributed by atoms with Crippen molar-refractivity contribution in [3.8, 4) is 0 Å². The normalized spacial score (nSPS) is 19.9. The van der Waals surface area contributed by atoms with E-state index in [0.717, 1.165) is 11.4 Å². The van der Waals surface area contributed by atoms with Crippen molar-refractivity contribution in [3.63, 3.8) is 0 Å². The molecule has 1 aromatic rings. The molecule has 1 N–H and O–H groups in total. The SMILES string of the molecule is CC1Nc2cccc(C(C)(C)C)c2N(C)C1=O. The van der Waals surface area contributed by atoms with Crippen LogP contribution in [0, 0.1) is 0 Å². The Morgan fingerprint density at radius 1 is 1.29 bits per heavy atom. The Bertz CT molecular complexity index is 460. The number of benzene rings is 1. The van der Waals surface area contributed by atoms with E-state index in [1.54, 1.807) is 4.90 Å². The van der Waals surface area contributed by atoms with Crippen molar-refractivity contribution in [2.24, 2.45) is 0 Å². The molecule has 92 valence electrons. The first-order valence-electron chi connectivity index (χ1n) is 6.00. The molecule has 1 aliphatic rings. The number of nitrogens with one attached hydrogen (secondary N) is 1. The molecule has 1 unspecified atom stereocenters. The Hall–Kier alpha value is -1.51. The fraction of sp³-hybridized carbons (Fsp3) is 0.500. The number of anilines is 2.